The fourth-order valence-electron chi connectivity index (χ4n) is 2.45. The van der Waals surface area contributed by atoms with Crippen molar-refractivity contribution < 1.29 is 9.34 Å². The van der Waals surface area contributed by atoms with Gasteiger partial charge in [0.25, 0.3) is 11.7 Å². The molecule has 2 heterocycles. The molecule has 2 aromatic heterocycles. The average molecular weight is 347 g/mol. The Balaban J connectivity index is 1.50. The van der Waals surface area contributed by atoms with E-state index in [1.54, 1.807) is 12.4 Å². The van der Waals surface area contributed by atoms with Crippen molar-refractivity contribution >= 4 is 39.9 Å². The van der Waals surface area contributed by atoms with Crippen molar-refractivity contribution in [1.82, 2.24) is 9.97 Å². The summed E-state index contributed by atoms with van der Waals surface area (Å²) in [5.74, 6) is 0. The van der Waals surface area contributed by atoms with E-state index in [1.165, 1.54) is 18.2 Å². The van der Waals surface area contributed by atoms with Crippen LogP contribution in [0, 0.1) is 10.1 Å². The lowest BCUT2D eigenvalue weighted by molar-refractivity contribution is -0.384. The number of hydrogen-bond donors (Lipinski definition) is 2. The molecule has 0 aliphatic heterocycles. The predicted molar refractivity (Wildman–Crippen MR) is 97.9 cm³/mol. The molecule has 26 heavy (non-hydrogen) atoms. The molecule has 2 aromatic carbocycles. The van der Waals surface area contributed by atoms with Crippen molar-refractivity contribution in [1.29, 1.82) is 0 Å². The van der Waals surface area contributed by atoms with E-state index in [2.05, 4.69) is 20.6 Å². The molecule has 0 fully saturated rings. The van der Waals surface area contributed by atoms with Crippen LogP contribution in [0.4, 0.5) is 28.8 Å². The van der Waals surface area contributed by atoms with Crippen LogP contribution < -0.4 is 10.6 Å². The van der Waals surface area contributed by atoms with Gasteiger partial charge in [-0.15, -0.1) is 0 Å². The van der Waals surface area contributed by atoms with Crippen molar-refractivity contribution in [2.75, 3.05) is 10.6 Å². The van der Waals surface area contributed by atoms with Gasteiger partial charge in [-0.1, -0.05) is 0 Å². The van der Waals surface area contributed by atoms with E-state index in [1.807, 2.05) is 36.4 Å². The maximum atomic E-state index is 10.8. The summed E-state index contributed by atoms with van der Waals surface area (Å²) in [5, 5.41) is 17.1. The second-order valence-corrected chi connectivity index (χ2v) is 5.49. The molecule has 2 N–H and O–H groups in total. The Hall–Kier alpha value is -3.94. The van der Waals surface area contributed by atoms with E-state index < -0.39 is 4.92 Å². The molecule has 0 saturated carbocycles. The molecule has 0 aliphatic rings. The largest absolute Gasteiger partial charge is 0.423 e. The first-order valence-corrected chi connectivity index (χ1v) is 7.76. The third-order valence-corrected chi connectivity index (χ3v) is 3.69. The molecule has 128 valence electrons. The van der Waals surface area contributed by atoms with Crippen molar-refractivity contribution in [2.45, 2.75) is 0 Å². The SMILES string of the molecule is O=[N+]([O-])c1ccc2oc(Nc3ccc(Nc4ccncc4)cc3)nc2c1. The Morgan fingerprint density at radius 2 is 1.54 bits per heavy atom. The molecule has 8 nitrogen and oxygen atoms in total. The molecule has 8 heteroatoms. The first-order chi connectivity index (χ1) is 12.7. The van der Waals surface area contributed by atoms with E-state index in [4.69, 9.17) is 4.42 Å². The first-order valence-electron chi connectivity index (χ1n) is 7.76. The summed E-state index contributed by atoms with van der Waals surface area (Å²) in [6.45, 7) is 0. The van der Waals surface area contributed by atoms with E-state index in [9.17, 15) is 10.1 Å². The van der Waals surface area contributed by atoms with Gasteiger partial charge in [0.2, 0.25) is 0 Å². The topological polar surface area (TPSA) is 106 Å². The van der Waals surface area contributed by atoms with Gasteiger partial charge in [0.1, 0.15) is 5.52 Å². The molecule has 0 spiro atoms. The highest BCUT2D eigenvalue weighted by atomic mass is 16.6. The van der Waals surface area contributed by atoms with Crippen LogP contribution in [0.3, 0.4) is 0 Å². The number of benzene rings is 2. The summed E-state index contributed by atoms with van der Waals surface area (Å²) >= 11 is 0. The van der Waals surface area contributed by atoms with E-state index in [0.29, 0.717) is 11.1 Å². The normalized spacial score (nSPS) is 10.6. The minimum absolute atomic E-state index is 0.0242. The van der Waals surface area contributed by atoms with E-state index >= 15 is 0 Å². The smallest absolute Gasteiger partial charge is 0.300 e. The number of hydrogen-bond acceptors (Lipinski definition) is 7. The molecule has 4 aromatic rings. The third-order valence-electron chi connectivity index (χ3n) is 3.69. The van der Waals surface area contributed by atoms with Crippen molar-refractivity contribution in [2.24, 2.45) is 0 Å². The molecule has 0 atom stereocenters. The van der Waals surface area contributed by atoms with Crippen LogP contribution in [0.2, 0.25) is 0 Å². The summed E-state index contributed by atoms with van der Waals surface area (Å²) in [4.78, 5) is 18.6. The van der Waals surface area contributed by atoms with Crippen LogP contribution in [0.15, 0.2) is 71.4 Å². The minimum Gasteiger partial charge on any atom is -0.423 e. The van der Waals surface area contributed by atoms with E-state index in [-0.39, 0.29) is 11.7 Å². The number of non-ortho nitro benzene ring substituents is 1. The number of fused-ring (bicyclic) bond motifs is 1. The molecule has 0 saturated heterocycles. The number of nitro benzene ring substituents is 1. The Morgan fingerprint density at radius 3 is 2.23 bits per heavy atom. The number of nitrogens with one attached hydrogen (secondary N) is 2. The zero-order valence-corrected chi connectivity index (χ0v) is 13.4. The van der Waals surface area contributed by atoms with Crippen molar-refractivity contribution in [3.05, 3.63) is 77.1 Å². The third kappa shape index (κ3) is 3.29. The fraction of sp³-hybridized carbons (Fsp3) is 0. The van der Waals surface area contributed by atoms with Crippen LogP contribution >= 0.6 is 0 Å². The molecule has 0 radical (unpaired) electrons. The van der Waals surface area contributed by atoms with Gasteiger partial charge in [-0.05, 0) is 42.5 Å². The standard InChI is InChI=1S/C18H13N5O3/c24-23(25)15-5-6-17-16(11-15)22-18(26-17)21-13-3-1-12(2-4-13)20-14-7-9-19-10-8-14/h1-11H,(H,19,20)(H,21,22). The Kier molecular flexibility index (Phi) is 3.91. The number of anilines is 4. The van der Waals surface area contributed by atoms with E-state index in [0.717, 1.165) is 17.1 Å². The number of aromatic nitrogens is 2. The Morgan fingerprint density at radius 1 is 0.885 bits per heavy atom. The molecular weight excluding hydrogens is 334 g/mol. The minimum atomic E-state index is -0.463. The maximum absolute atomic E-state index is 10.8. The van der Waals surface area contributed by atoms with Gasteiger partial charge in [0.05, 0.1) is 4.92 Å². The molecule has 4 rings (SSSR count). The zero-order chi connectivity index (χ0) is 17.9. The first kappa shape index (κ1) is 15.6. The van der Waals surface area contributed by atoms with Crippen LogP contribution in [0.1, 0.15) is 0 Å². The maximum Gasteiger partial charge on any atom is 0.300 e. The molecule has 0 aliphatic carbocycles. The highest BCUT2D eigenvalue weighted by Gasteiger charge is 2.11. The summed E-state index contributed by atoms with van der Waals surface area (Å²) < 4.78 is 5.57. The highest BCUT2D eigenvalue weighted by molar-refractivity contribution is 5.78. The number of oxazole rings is 1. The van der Waals surface area contributed by atoms with Gasteiger partial charge >= 0.3 is 0 Å². The average Bonchev–Trinajstić information content (AvgIpc) is 3.05. The highest BCUT2D eigenvalue weighted by Crippen LogP contribution is 2.26. The Labute approximate surface area is 147 Å². The second-order valence-electron chi connectivity index (χ2n) is 5.49. The van der Waals surface area contributed by atoms with Crippen LogP contribution in [0.25, 0.3) is 11.1 Å². The summed E-state index contributed by atoms with van der Waals surface area (Å²) in [5.41, 5.74) is 3.54. The van der Waals surface area contributed by atoms with Gasteiger partial charge in [0, 0.05) is 41.6 Å². The van der Waals surface area contributed by atoms with Gasteiger partial charge < -0.3 is 15.1 Å². The molecule has 0 amide bonds. The number of nitrogens with zero attached hydrogens (tertiary/aromatic N) is 3. The van der Waals surface area contributed by atoms with Crippen LogP contribution in [-0.4, -0.2) is 14.9 Å². The van der Waals surface area contributed by atoms with Crippen LogP contribution in [0.5, 0.6) is 0 Å². The van der Waals surface area contributed by atoms with Crippen molar-refractivity contribution in [3.63, 3.8) is 0 Å². The van der Waals surface area contributed by atoms with Gasteiger partial charge in [-0.25, -0.2) is 0 Å². The molecule has 0 unspecified atom stereocenters. The lowest BCUT2D eigenvalue weighted by Crippen LogP contribution is -1.92. The predicted octanol–water partition coefficient (Wildman–Crippen LogP) is 4.62. The second kappa shape index (κ2) is 6.52. The quantitative estimate of drug-likeness (QED) is 0.401. The van der Waals surface area contributed by atoms with Gasteiger partial charge in [-0.3, -0.25) is 15.1 Å². The summed E-state index contributed by atoms with van der Waals surface area (Å²) in [6.07, 6.45) is 3.44. The number of nitro groups is 1. The summed E-state index contributed by atoms with van der Waals surface area (Å²) in [7, 11) is 0. The van der Waals surface area contributed by atoms with Gasteiger partial charge in [0.15, 0.2) is 5.58 Å². The van der Waals surface area contributed by atoms with Crippen molar-refractivity contribution in [3.8, 4) is 0 Å². The molecular formula is C18H13N5O3. The van der Waals surface area contributed by atoms with Gasteiger partial charge in [-0.2, -0.15) is 4.98 Å². The number of pyridine rings is 1. The monoisotopic (exact) mass is 347 g/mol. The zero-order valence-electron chi connectivity index (χ0n) is 13.4. The molecule has 0 bridgehead atoms. The van der Waals surface area contributed by atoms with Crippen LogP contribution in [-0.2, 0) is 0 Å². The number of rotatable bonds is 5. The lowest BCUT2D eigenvalue weighted by atomic mass is 10.2. The Bertz CT molecular complexity index is 1060. The lowest BCUT2D eigenvalue weighted by Gasteiger charge is -2.07. The fourth-order valence-corrected chi connectivity index (χ4v) is 2.45. The summed E-state index contributed by atoms with van der Waals surface area (Å²) in [6, 6.07) is 15.9.